The number of benzene rings is 7. The summed E-state index contributed by atoms with van der Waals surface area (Å²) in [6.07, 6.45) is 0. The first-order valence-electron chi connectivity index (χ1n) is 16.5. The molecule has 0 spiro atoms. The van der Waals surface area contributed by atoms with Crippen LogP contribution in [0.1, 0.15) is 0 Å². The van der Waals surface area contributed by atoms with Crippen LogP contribution in [0.2, 0.25) is 0 Å². The number of thiophene rings is 1. The Morgan fingerprint density at radius 3 is 1.78 bits per heavy atom. The van der Waals surface area contributed by atoms with Crippen molar-refractivity contribution in [3.05, 3.63) is 158 Å². The Hall–Kier alpha value is -6.30. The number of hydrogen-bond donors (Lipinski definition) is 0. The summed E-state index contributed by atoms with van der Waals surface area (Å²) in [7, 11) is 0. The first-order chi connectivity index (χ1) is 24.3. The van der Waals surface area contributed by atoms with E-state index in [1.807, 2.05) is 11.3 Å². The van der Waals surface area contributed by atoms with E-state index < -0.39 is 0 Å². The van der Waals surface area contributed by atoms with Gasteiger partial charge in [-0.15, -0.1) is 11.3 Å². The minimum atomic E-state index is 0.662. The van der Waals surface area contributed by atoms with E-state index in [2.05, 4.69) is 167 Å². The summed E-state index contributed by atoms with van der Waals surface area (Å²) < 4.78 is 7.35. The number of fused-ring (bicyclic) bond motifs is 13. The molecule has 0 aliphatic rings. The van der Waals surface area contributed by atoms with Crippen molar-refractivity contribution >= 4 is 86.0 Å². The number of aromatic nitrogens is 4. The van der Waals surface area contributed by atoms with Crippen molar-refractivity contribution < 1.29 is 0 Å². The fourth-order valence-corrected chi connectivity index (χ4v) is 9.18. The van der Waals surface area contributed by atoms with Crippen LogP contribution in [0.5, 0.6) is 0 Å². The fourth-order valence-electron chi connectivity index (χ4n) is 7.91. The van der Waals surface area contributed by atoms with Crippen LogP contribution in [0.3, 0.4) is 0 Å². The molecule has 0 N–H and O–H groups in total. The van der Waals surface area contributed by atoms with Gasteiger partial charge >= 0.3 is 0 Å². The molecule has 4 heterocycles. The highest BCUT2D eigenvalue weighted by Crippen LogP contribution is 2.51. The van der Waals surface area contributed by atoms with Gasteiger partial charge in [-0.1, -0.05) is 121 Å². The second-order valence-corrected chi connectivity index (χ2v) is 13.6. The van der Waals surface area contributed by atoms with Gasteiger partial charge < -0.3 is 4.57 Å². The molecule has 0 saturated heterocycles. The zero-order valence-electron chi connectivity index (χ0n) is 26.2. The highest BCUT2D eigenvalue weighted by atomic mass is 32.1. The van der Waals surface area contributed by atoms with Crippen molar-refractivity contribution in [1.29, 1.82) is 0 Å². The van der Waals surface area contributed by atoms with Gasteiger partial charge in [-0.05, 0) is 36.4 Å². The van der Waals surface area contributed by atoms with E-state index in [9.17, 15) is 0 Å². The molecule has 228 valence electrons. The van der Waals surface area contributed by atoms with Crippen molar-refractivity contribution in [2.45, 2.75) is 0 Å². The van der Waals surface area contributed by atoms with E-state index in [1.165, 1.54) is 47.2 Å². The lowest BCUT2D eigenvalue weighted by molar-refractivity contribution is 1.01. The molecule has 0 amide bonds. The van der Waals surface area contributed by atoms with E-state index in [0.29, 0.717) is 5.95 Å². The molecule has 11 rings (SSSR count). The van der Waals surface area contributed by atoms with Crippen molar-refractivity contribution in [2.75, 3.05) is 0 Å². The second-order valence-electron chi connectivity index (χ2n) is 12.5. The van der Waals surface area contributed by atoms with Gasteiger partial charge in [0.25, 0.3) is 0 Å². The molecule has 4 aromatic heterocycles. The topological polar surface area (TPSA) is 35.6 Å². The third-order valence-electron chi connectivity index (χ3n) is 9.90. The highest BCUT2D eigenvalue weighted by molar-refractivity contribution is 7.27. The highest BCUT2D eigenvalue weighted by Gasteiger charge is 2.27. The Morgan fingerprint density at radius 2 is 1.00 bits per heavy atom. The SMILES string of the molecule is c1ccc(-c2nc(-n3c4ccccc4c4c5sc6ccccc6c5c5c6ccccc6n(-c6ccccc6)c5c43)nc3ccccc23)cc1. The lowest BCUT2D eigenvalue weighted by atomic mass is 10.0. The van der Waals surface area contributed by atoms with Crippen LogP contribution in [-0.2, 0) is 0 Å². The Morgan fingerprint density at radius 1 is 0.429 bits per heavy atom. The zero-order valence-corrected chi connectivity index (χ0v) is 27.0. The number of para-hydroxylation sites is 4. The molecule has 0 aliphatic heterocycles. The molecule has 0 atom stereocenters. The molecule has 0 bridgehead atoms. The van der Waals surface area contributed by atoms with Crippen LogP contribution in [0.15, 0.2) is 158 Å². The molecular formula is C44H26N4S. The van der Waals surface area contributed by atoms with E-state index in [4.69, 9.17) is 9.97 Å². The molecule has 0 aliphatic carbocycles. The third kappa shape index (κ3) is 3.68. The van der Waals surface area contributed by atoms with Crippen LogP contribution in [0.4, 0.5) is 0 Å². The summed E-state index contributed by atoms with van der Waals surface area (Å²) >= 11 is 1.88. The van der Waals surface area contributed by atoms with E-state index in [-0.39, 0.29) is 0 Å². The molecule has 4 nitrogen and oxygen atoms in total. The van der Waals surface area contributed by atoms with Crippen molar-refractivity contribution in [3.63, 3.8) is 0 Å². The maximum atomic E-state index is 5.45. The van der Waals surface area contributed by atoms with Gasteiger partial charge in [0.15, 0.2) is 0 Å². The Balaban J connectivity index is 1.45. The summed E-state index contributed by atoms with van der Waals surface area (Å²) in [6.45, 7) is 0. The molecular weight excluding hydrogens is 617 g/mol. The van der Waals surface area contributed by atoms with Crippen molar-refractivity contribution in [2.24, 2.45) is 0 Å². The molecule has 0 saturated carbocycles. The summed E-state index contributed by atoms with van der Waals surface area (Å²) in [5.41, 5.74) is 8.57. The van der Waals surface area contributed by atoms with Crippen LogP contribution < -0.4 is 0 Å². The minimum absolute atomic E-state index is 0.662. The normalized spacial score (nSPS) is 12.1. The van der Waals surface area contributed by atoms with Gasteiger partial charge in [0.2, 0.25) is 5.95 Å². The van der Waals surface area contributed by atoms with Crippen molar-refractivity contribution in [3.8, 4) is 22.9 Å². The number of hydrogen-bond acceptors (Lipinski definition) is 3. The van der Waals surface area contributed by atoms with Gasteiger partial charge in [-0.2, -0.15) is 0 Å². The molecule has 7 aromatic carbocycles. The molecule has 0 radical (unpaired) electrons. The van der Waals surface area contributed by atoms with Crippen LogP contribution in [-0.4, -0.2) is 19.1 Å². The summed E-state index contributed by atoms with van der Waals surface area (Å²) in [6, 6.07) is 56.0. The summed E-state index contributed by atoms with van der Waals surface area (Å²) in [5.74, 6) is 0.662. The van der Waals surface area contributed by atoms with E-state index in [1.54, 1.807) is 0 Å². The molecule has 5 heteroatoms. The molecule has 0 fully saturated rings. The first-order valence-corrected chi connectivity index (χ1v) is 17.3. The van der Waals surface area contributed by atoms with Crippen LogP contribution in [0.25, 0.3) is 97.6 Å². The first kappa shape index (κ1) is 26.7. The monoisotopic (exact) mass is 642 g/mol. The maximum absolute atomic E-state index is 5.45. The number of rotatable bonds is 3. The smallest absolute Gasteiger partial charge is 0.235 e. The Kier molecular flexibility index (Phi) is 5.51. The Bertz CT molecular complexity index is 3100. The zero-order chi connectivity index (χ0) is 32.1. The van der Waals surface area contributed by atoms with Gasteiger partial charge in [0, 0.05) is 58.4 Å². The fraction of sp³-hybridized carbons (Fsp3) is 0. The molecule has 0 unspecified atom stereocenters. The average molecular weight is 643 g/mol. The Labute approximate surface area is 284 Å². The minimum Gasteiger partial charge on any atom is -0.307 e. The van der Waals surface area contributed by atoms with Gasteiger partial charge in [-0.25, -0.2) is 9.97 Å². The van der Waals surface area contributed by atoms with Crippen LogP contribution >= 0.6 is 11.3 Å². The van der Waals surface area contributed by atoms with E-state index in [0.717, 1.165) is 44.4 Å². The second kappa shape index (κ2) is 10.1. The third-order valence-corrected chi connectivity index (χ3v) is 11.1. The predicted octanol–water partition coefficient (Wildman–Crippen LogP) is 11.9. The van der Waals surface area contributed by atoms with Gasteiger partial charge in [-0.3, -0.25) is 4.57 Å². The van der Waals surface area contributed by atoms with Gasteiger partial charge in [0.1, 0.15) is 0 Å². The molecule has 49 heavy (non-hydrogen) atoms. The number of nitrogens with zero attached hydrogens (tertiary/aromatic N) is 4. The molecule has 11 aromatic rings. The van der Waals surface area contributed by atoms with Crippen molar-refractivity contribution in [1.82, 2.24) is 19.1 Å². The quantitative estimate of drug-likeness (QED) is 0.192. The standard InChI is InChI=1S/C44H26N4S/c1-3-15-27(16-4-1)40-29-19-7-11-23-33(29)45-44(46-40)48-35-25-13-9-21-31(35)39-42(48)41-37(38-32-22-10-14-26-36(32)49-43(38)39)30-20-8-12-24-34(30)47(41)28-17-5-2-6-18-28/h1-26H. The largest absolute Gasteiger partial charge is 0.307 e. The predicted molar refractivity (Wildman–Crippen MR) is 207 cm³/mol. The lowest BCUT2D eigenvalue weighted by Crippen LogP contribution is -2.04. The lowest BCUT2D eigenvalue weighted by Gasteiger charge is -2.14. The van der Waals surface area contributed by atoms with E-state index >= 15 is 0 Å². The maximum Gasteiger partial charge on any atom is 0.235 e. The van der Waals surface area contributed by atoms with Crippen LogP contribution in [0, 0.1) is 0 Å². The summed E-state index contributed by atoms with van der Waals surface area (Å²) in [4.78, 5) is 10.8. The van der Waals surface area contributed by atoms with Gasteiger partial charge in [0.05, 0.1) is 33.3 Å². The average Bonchev–Trinajstić information content (AvgIpc) is 3.83. The summed E-state index contributed by atoms with van der Waals surface area (Å²) in [5, 5.41) is 8.55.